The molecule has 5 aliphatic rings. The van der Waals surface area contributed by atoms with Gasteiger partial charge in [-0.3, -0.25) is 9.59 Å². The van der Waals surface area contributed by atoms with Crippen molar-refractivity contribution in [2.45, 2.75) is 88.7 Å². The quantitative estimate of drug-likeness (QED) is 0.599. The number of carbonyl (C=O) groups is 2. The zero-order chi connectivity index (χ0) is 25.8. The van der Waals surface area contributed by atoms with Crippen LogP contribution in [0.1, 0.15) is 47.0 Å². The van der Waals surface area contributed by atoms with Gasteiger partial charge in [-0.15, -0.1) is 0 Å². The molecular weight excluding hydrogens is 462 g/mol. The van der Waals surface area contributed by atoms with E-state index >= 15 is 8.78 Å². The number of Topliss-reactive ketones (excluding diaryl/α,β-unsaturated/α-hetero) is 1. The van der Waals surface area contributed by atoms with E-state index in [2.05, 4.69) is 0 Å². The van der Waals surface area contributed by atoms with Crippen LogP contribution in [0.4, 0.5) is 8.78 Å². The molecule has 3 saturated carbocycles. The van der Waals surface area contributed by atoms with Crippen molar-refractivity contribution in [1.82, 2.24) is 0 Å². The molecule has 0 aromatic heterocycles. The summed E-state index contributed by atoms with van der Waals surface area (Å²) in [4.78, 5) is 25.9. The predicted octanol–water partition coefficient (Wildman–Crippen LogP) is 2.99. The lowest BCUT2D eigenvalue weighted by molar-refractivity contribution is -0.254. The van der Waals surface area contributed by atoms with Crippen LogP contribution in [0.15, 0.2) is 23.8 Å². The minimum atomic E-state index is -2.25. The van der Waals surface area contributed by atoms with E-state index in [0.717, 1.165) is 6.08 Å². The molecule has 9 atom stereocenters. The molecule has 1 heterocycles. The van der Waals surface area contributed by atoms with Gasteiger partial charge in [-0.2, -0.15) is 0 Å². The Morgan fingerprint density at radius 3 is 2.46 bits per heavy atom. The summed E-state index contributed by atoms with van der Waals surface area (Å²) >= 11 is 0. The number of aliphatic hydroxyl groups excluding tert-OH is 1. The SMILES string of the molecule is COC(OC)C(=O)[C@@]12OC(C)(C)O[C@@H]1CC1C3C[C@H](F)C4=CC(=O)C=C[C@]4(C)[C@@]3(F)[C@@H](O)C[C@@]12C. The van der Waals surface area contributed by atoms with Crippen molar-refractivity contribution in [2.24, 2.45) is 22.7 Å². The van der Waals surface area contributed by atoms with Gasteiger partial charge in [0.2, 0.25) is 12.1 Å². The van der Waals surface area contributed by atoms with E-state index in [1.165, 1.54) is 26.4 Å². The topological polar surface area (TPSA) is 91.3 Å². The van der Waals surface area contributed by atoms with Crippen LogP contribution in [0.2, 0.25) is 0 Å². The molecule has 4 fully saturated rings. The first-order valence-electron chi connectivity index (χ1n) is 12.2. The molecule has 0 radical (unpaired) electrons. The number of halogens is 2. The van der Waals surface area contributed by atoms with Crippen LogP contribution in [-0.2, 0) is 28.5 Å². The number of ketones is 2. The molecule has 0 spiro atoms. The van der Waals surface area contributed by atoms with Gasteiger partial charge in [-0.05, 0) is 63.7 Å². The molecule has 4 aliphatic carbocycles. The zero-order valence-corrected chi connectivity index (χ0v) is 21.0. The first kappa shape index (κ1) is 25.1. The monoisotopic (exact) mass is 496 g/mol. The average Bonchev–Trinajstić information content (AvgIpc) is 3.18. The summed E-state index contributed by atoms with van der Waals surface area (Å²) in [7, 11) is 2.69. The molecule has 1 saturated heterocycles. The van der Waals surface area contributed by atoms with E-state index in [9.17, 15) is 14.7 Å². The van der Waals surface area contributed by atoms with Crippen molar-refractivity contribution >= 4 is 11.6 Å². The minimum Gasteiger partial charge on any atom is -0.390 e. The zero-order valence-electron chi connectivity index (χ0n) is 21.0. The number of carbonyl (C=O) groups excluding carboxylic acids is 2. The van der Waals surface area contributed by atoms with Gasteiger partial charge < -0.3 is 24.1 Å². The number of allylic oxidation sites excluding steroid dienone is 4. The van der Waals surface area contributed by atoms with Crippen molar-refractivity contribution in [1.29, 1.82) is 0 Å². The van der Waals surface area contributed by atoms with Gasteiger partial charge in [0.05, 0.1) is 12.2 Å². The molecule has 0 aromatic rings. The molecule has 1 aliphatic heterocycles. The molecule has 0 amide bonds. The number of hydrogen-bond donors (Lipinski definition) is 1. The molecule has 2 unspecified atom stereocenters. The molecule has 1 N–H and O–H groups in total. The lowest BCUT2D eigenvalue weighted by atomic mass is 9.44. The second-order valence-electron chi connectivity index (χ2n) is 11.6. The Bertz CT molecular complexity index is 1020. The summed E-state index contributed by atoms with van der Waals surface area (Å²) in [5, 5.41) is 11.5. The smallest absolute Gasteiger partial charge is 0.223 e. The maximum Gasteiger partial charge on any atom is 0.223 e. The van der Waals surface area contributed by atoms with Crippen LogP contribution in [-0.4, -0.2) is 72.6 Å². The van der Waals surface area contributed by atoms with Gasteiger partial charge in [0.15, 0.2) is 22.8 Å². The van der Waals surface area contributed by atoms with Crippen molar-refractivity contribution in [3.8, 4) is 0 Å². The standard InChI is InChI=1S/C26H34F2O7/c1-22(2)34-19-11-14-15-10-17(27)16-9-13(29)7-8-23(16,3)25(15,28)18(30)12-24(14,4)26(19,35-22)20(31)21(32-5)33-6/h7-9,14-15,17-19,21,30H,10-12H2,1-6H3/t14?,15?,17-,18-,19+,23-,24-,25-,26-/m0/s1. The molecule has 35 heavy (non-hydrogen) atoms. The summed E-state index contributed by atoms with van der Waals surface area (Å²) < 4.78 is 56.1. The van der Waals surface area contributed by atoms with Crippen LogP contribution in [0, 0.1) is 22.7 Å². The van der Waals surface area contributed by atoms with Crippen LogP contribution in [0.3, 0.4) is 0 Å². The Morgan fingerprint density at radius 2 is 1.83 bits per heavy atom. The molecule has 9 heteroatoms. The van der Waals surface area contributed by atoms with E-state index < -0.39 is 76.0 Å². The van der Waals surface area contributed by atoms with Crippen LogP contribution in [0.5, 0.6) is 0 Å². The molecule has 0 bridgehead atoms. The number of alkyl halides is 2. The highest BCUT2D eigenvalue weighted by Crippen LogP contribution is 2.72. The molecule has 0 aromatic carbocycles. The first-order valence-corrected chi connectivity index (χ1v) is 12.2. The number of fused-ring (bicyclic) bond motifs is 7. The van der Waals surface area contributed by atoms with Crippen LogP contribution < -0.4 is 0 Å². The number of ether oxygens (including phenoxy) is 4. The minimum absolute atomic E-state index is 0.0582. The van der Waals surface area contributed by atoms with E-state index in [4.69, 9.17) is 18.9 Å². The fourth-order valence-corrected chi connectivity index (χ4v) is 8.22. The Labute approximate surface area is 203 Å². The van der Waals surface area contributed by atoms with Crippen molar-refractivity contribution < 1.29 is 42.4 Å². The van der Waals surface area contributed by atoms with Gasteiger partial charge in [0, 0.05) is 31.0 Å². The number of aliphatic hydroxyl groups is 1. The van der Waals surface area contributed by atoms with Gasteiger partial charge in [-0.1, -0.05) is 13.0 Å². The van der Waals surface area contributed by atoms with E-state index in [1.807, 2.05) is 0 Å². The van der Waals surface area contributed by atoms with E-state index in [0.29, 0.717) is 0 Å². The molecule has 7 nitrogen and oxygen atoms in total. The lowest BCUT2D eigenvalue weighted by Gasteiger charge is -2.63. The highest BCUT2D eigenvalue weighted by molar-refractivity contribution is 6.01. The maximum atomic E-state index is 17.3. The van der Waals surface area contributed by atoms with Crippen molar-refractivity contribution in [2.75, 3.05) is 14.2 Å². The van der Waals surface area contributed by atoms with Crippen molar-refractivity contribution in [3.63, 3.8) is 0 Å². The maximum absolute atomic E-state index is 17.3. The summed E-state index contributed by atoms with van der Waals surface area (Å²) in [5.74, 6) is -3.49. The highest BCUT2D eigenvalue weighted by atomic mass is 19.1. The molecule has 5 rings (SSSR count). The summed E-state index contributed by atoms with van der Waals surface area (Å²) in [6, 6.07) is 0. The normalized spacial score (nSPS) is 49.8. The molecular formula is C26H34F2O7. The number of hydrogen-bond acceptors (Lipinski definition) is 7. The summed E-state index contributed by atoms with van der Waals surface area (Å²) in [6.07, 6.45) is -1.40. The van der Waals surface area contributed by atoms with E-state index in [1.54, 1.807) is 27.7 Å². The average molecular weight is 497 g/mol. The number of rotatable bonds is 4. The Balaban J connectivity index is 1.66. The second kappa shape index (κ2) is 7.51. The third-order valence-corrected chi connectivity index (χ3v) is 9.63. The fourth-order valence-electron chi connectivity index (χ4n) is 8.22. The van der Waals surface area contributed by atoms with E-state index in [-0.39, 0.29) is 24.8 Å². The van der Waals surface area contributed by atoms with Gasteiger partial charge in [-0.25, -0.2) is 8.78 Å². The summed E-state index contributed by atoms with van der Waals surface area (Å²) in [5.41, 5.74) is -6.36. The van der Waals surface area contributed by atoms with Gasteiger partial charge >= 0.3 is 0 Å². The largest absolute Gasteiger partial charge is 0.390 e. The predicted molar refractivity (Wildman–Crippen MR) is 120 cm³/mol. The fraction of sp³-hybridized carbons (Fsp3) is 0.769. The van der Waals surface area contributed by atoms with Gasteiger partial charge in [0.25, 0.3) is 0 Å². The first-order chi connectivity index (χ1) is 16.2. The molecule has 194 valence electrons. The lowest BCUT2D eigenvalue weighted by Crippen LogP contribution is -2.71. The number of methoxy groups -OCH3 is 2. The highest BCUT2D eigenvalue weighted by Gasteiger charge is 2.81. The van der Waals surface area contributed by atoms with Gasteiger partial charge in [0.1, 0.15) is 6.17 Å². The Hall–Kier alpha value is -1.52. The Morgan fingerprint density at radius 1 is 1.17 bits per heavy atom. The third kappa shape index (κ3) is 2.87. The Kier molecular flexibility index (Phi) is 5.39. The van der Waals surface area contributed by atoms with Crippen molar-refractivity contribution in [3.05, 3.63) is 23.8 Å². The second-order valence-corrected chi connectivity index (χ2v) is 11.6. The summed E-state index contributed by atoms with van der Waals surface area (Å²) in [6.45, 7) is 6.75. The third-order valence-electron chi connectivity index (χ3n) is 9.63. The van der Waals surface area contributed by atoms with Crippen LogP contribution in [0.25, 0.3) is 0 Å². The van der Waals surface area contributed by atoms with Crippen LogP contribution >= 0.6 is 0 Å².